The summed E-state index contributed by atoms with van der Waals surface area (Å²) in [4.78, 5) is 1.61. The standard InChI is InChI=1S/C13H16F2N2OS/c1-17(8-4-6-18-7-5-8)10-3-2-9(13(16)19)11(14)12(10)15/h2-3,8H,4-7H2,1H3,(H2,16,19). The Bertz CT molecular complexity index is 490. The third-order valence-corrected chi connectivity index (χ3v) is 3.67. The molecule has 0 bridgehead atoms. The van der Waals surface area contributed by atoms with Crippen LogP contribution in [0.5, 0.6) is 0 Å². The molecule has 19 heavy (non-hydrogen) atoms. The lowest BCUT2D eigenvalue weighted by atomic mass is 10.1. The predicted octanol–water partition coefficient (Wildman–Crippen LogP) is 2.21. The van der Waals surface area contributed by atoms with Gasteiger partial charge in [0.15, 0.2) is 11.6 Å². The maximum atomic E-state index is 14.1. The van der Waals surface area contributed by atoms with E-state index < -0.39 is 11.6 Å². The summed E-state index contributed by atoms with van der Waals surface area (Å²) in [6, 6.07) is 3.09. The van der Waals surface area contributed by atoms with E-state index in [1.807, 2.05) is 0 Å². The fourth-order valence-electron chi connectivity index (χ4n) is 2.27. The van der Waals surface area contributed by atoms with E-state index in [-0.39, 0.29) is 22.3 Å². The summed E-state index contributed by atoms with van der Waals surface area (Å²) < 4.78 is 33.2. The van der Waals surface area contributed by atoms with Crippen LogP contribution in [0.3, 0.4) is 0 Å². The Kier molecular flexibility index (Phi) is 4.31. The monoisotopic (exact) mass is 286 g/mol. The molecule has 1 aliphatic rings. The van der Waals surface area contributed by atoms with Crippen LogP contribution >= 0.6 is 12.2 Å². The molecule has 0 spiro atoms. The smallest absolute Gasteiger partial charge is 0.182 e. The number of hydrogen-bond acceptors (Lipinski definition) is 3. The average Bonchev–Trinajstić information content (AvgIpc) is 2.41. The largest absolute Gasteiger partial charge is 0.389 e. The van der Waals surface area contributed by atoms with Crippen molar-refractivity contribution in [2.24, 2.45) is 5.73 Å². The summed E-state index contributed by atoms with van der Waals surface area (Å²) in [7, 11) is 1.76. The molecule has 1 saturated heterocycles. The number of thiocarbonyl (C=S) groups is 1. The van der Waals surface area contributed by atoms with E-state index in [0.29, 0.717) is 13.2 Å². The van der Waals surface area contributed by atoms with Gasteiger partial charge in [0.1, 0.15) is 4.99 Å². The summed E-state index contributed by atoms with van der Waals surface area (Å²) in [5, 5.41) is 0. The van der Waals surface area contributed by atoms with Gasteiger partial charge < -0.3 is 15.4 Å². The van der Waals surface area contributed by atoms with Crippen molar-refractivity contribution < 1.29 is 13.5 Å². The lowest BCUT2D eigenvalue weighted by Gasteiger charge is -2.33. The Balaban J connectivity index is 2.29. The molecule has 0 aliphatic carbocycles. The minimum atomic E-state index is -0.982. The SMILES string of the molecule is CN(c1ccc(C(N)=S)c(F)c1F)C1CCOCC1. The van der Waals surface area contributed by atoms with Crippen LogP contribution in [0.25, 0.3) is 0 Å². The Morgan fingerprint density at radius 1 is 1.32 bits per heavy atom. The molecular formula is C13H16F2N2OS. The van der Waals surface area contributed by atoms with E-state index in [0.717, 1.165) is 12.8 Å². The van der Waals surface area contributed by atoms with Crippen molar-refractivity contribution >= 4 is 22.9 Å². The molecule has 0 amide bonds. The van der Waals surface area contributed by atoms with Crippen LogP contribution in [0.1, 0.15) is 18.4 Å². The molecule has 3 nitrogen and oxygen atoms in total. The van der Waals surface area contributed by atoms with Gasteiger partial charge in [-0.25, -0.2) is 8.78 Å². The Morgan fingerprint density at radius 2 is 1.95 bits per heavy atom. The highest BCUT2D eigenvalue weighted by Crippen LogP contribution is 2.27. The molecule has 1 heterocycles. The number of halogens is 2. The maximum absolute atomic E-state index is 14.1. The molecule has 6 heteroatoms. The Labute approximate surface area is 116 Å². The molecule has 2 rings (SSSR count). The molecule has 1 fully saturated rings. The first-order valence-electron chi connectivity index (χ1n) is 6.10. The molecule has 104 valence electrons. The third-order valence-electron chi connectivity index (χ3n) is 3.45. The number of nitrogens with two attached hydrogens (primary N) is 1. The van der Waals surface area contributed by atoms with Crippen LogP contribution in [-0.4, -0.2) is 31.3 Å². The number of rotatable bonds is 3. The topological polar surface area (TPSA) is 38.5 Å². The van der Waals surface area contributed by atoms with Gasteiger partial charge in [-0.05, 0) is 25.0 Å². The van der Waals surface area contributed by atoms with Gasteiger partial charge in [0, 0.05) is 31.9 Å². The Morgan fingerprint density at radius 3 is 2.53 bits per heavy atom. The maximum Gasteiger partial charge on any atom is 0.182 e. The molecule has 0 radical (unpaired) electrons. The Hall–Kier alpha value is -1.27. The average molecular weight is 286 g/mol. The number of benzene rings is 1. The molecule has 1 aromatic rings. The molecule has 1 aromatic carbocycles. The summed E-state index contributed by atoms with van der Waals surface area (Å²) in [5.74, 6) is -1.89. The van der Waals surface area contributed by atoms with Crippen LogP contribution in [-0.2, 0) is 4.74 Å². The van der Waals surface area contributed by atoms with E-state index in [2.05, 4.69) is 12.2 Å². The molecule has 2 N–H and O–H groups in total. The molecule has 0 unspecified atom stereocenters. The minimum Gasteiger partial charge on any atom is -0.389 e. The molecular weight excluding hydrogens is 270 g/mol. The van der Waals surface area contributed by atoms with Crippen molar-refractivity contribution in [3.05, 3.63) is 29.3 Å². The van der Waals surface area contributed by atoms with Gasteiger partial charge in [-0.3, -0.25) is 0 Å². The zero-order valence-electron chi connectivity index (χ0n) is 10.7. The minimum absolute atomic E-state index is 0.0587. The lowest BCUT2D eigenvalue weighted by molar-refractivity contribution is 0.0853. The second kappa shape index (κ2) is 5.79. The van der Waals surface area contributed by atoms with Gasteiger partial charge in [0.2, 0.25) is 0 Å². The van der Waals surface area contributed by atoms with Crippen LogP contribution in [0.15, 0.2) is 12.1 Å². The van der Waals surface area contributed by atoms with Crippen molar-refractivity contribution in [3.8, 4) is 0 Å². The molecule has 0 aromatic heterocycles. The molecule has 1 aliphatic heterocycles. The van der Waals surface area contributed by atoms with E-state index in [1.165, 1.54) is 12.1 Å². The van der Waals surface area contributed by atoms with Gasteiger partial charge >= 0.3 is 0 Å². The van der Waals surface area contributed by atoms with E-state index in [9.17, 15) is 8.78 Å². The van der Waals surface area contributed by atoms with Crippen LogP contribution in [0.4, 0.5) is 14.5 Å². The molecule has 0 saturated carbocycles. The predicted molar refractivity (Wildman–Crippen MR) is 74.5 cm³/mol. The zero-order chi connectivity index (χ0) is 14.0. The van der Waals surface area contributed by atoms with Crippen molar-refractivity contribution in [2.75, 3.05) is 25.2 Å². The van der Waals surface area contributed by atoms with Gasteiger partial charge in [-0.15, -0.1) is 0 Å². The van der Waals surface area contributed by atoms with E-state index in [4.69, 9.17) is 10.5 Å². The first-order valence-corrected chi connectivity index (χ1v) is 6.51. The first kappa shape index (κ1) is 14.1. The van der Waals surface area contributed by atoms with Gasteiger partial charge in [-0.2, -0.15) is 0 Å². The normalized spacial score (nSPS) is 16.4. The fourth-order valence-corrected chi connectivity index (χ4v) is 2.43. The second-order valence-electron chi connectivity index (χ2n) is 4.58. The first-order chi connectivity index (χ1) is 9.02. The number of ether oxygens (including phenoxy) is 1. The molecule has 0 atom stereocenters. The summed E-state index contributed by atoms with van der Waals surface area (Å²) in [6.45, 7) is 1.29. The lowest BCUT2D eigenvalue weighted by Crippen LogP contribution is -2.37. The summed E-state index contributed by atoms with van der Waals surface area (Å²) >= 11 is 4.68. The van der Waals surface area contributed by atoms with E-state index >= 15 is 0 Å². The fraction of sp³-hybridized carbons (Fsp3) is 0.462. The van der Waals surface area contributed by atoms with Gasteiger partial charge in [0.25, 0.3) is 0 Å². The van der Waals surface area contributed by atoms with E-state index in [1.54, 1.807) is 11.9 Å². The highest BCUT2D eigenvalue weighted by molar-refractivity contribution is 7.80. The van der Waals surface area contributed by atoms with Gasteiger partial charge in [0.05, 0.1) is 5.69 Å². The third kappa shape index (κ3) is 2.84. The quantitative estimate of drug-likeness (QED) is 0.865. The highest BCUT2D eigenvalue weighted by Gasteiger charge is 2.23. The van der Waals surface area contributed by atoms with Crippen molar-refractivity contribution in [2.45, 2.75) is 18.9 Å². The highest BCUT2D eigenvalue weighted by atomic mass is 32.1. The van der Waals surface area contributed by atoms with Crippen molar-refractivity contribution in [1.29, 1.82) is 0 Å². The van der Waals surface area contributed by atoms with Crippen molar-refractivity contribution in [3.63, 3.8) is 0 Å². The van der Waals surface area contributed by atoms with Crippen molar-refractivity contribution in [1.82, 2.24) is 0 Å². The summed E-state index contributed by atoms with van der Waals surface area (Å²) in [6.07, 6.45) is 1.60. The van der Waals surface area contributed by atoms with Gasteiger partial charge in [-0.1, -0.05) is 12.2 Å². The number of hydrogen-bond donors (Lipinski definition) is 1. The van der Waals surface area contributed by atoms with Crippen LogP contribution in [0, 0.1) is 11.6 Å². The zero-order valence-corrected chi connectivity index (χ0v) is 11.5. The number of nitrogens with zero attached hydrogens (tertiary/aromatic N) is 1. The van der Waals surface area contributed by atoms with Crippen LogP contribution in [0.2, 0.25) is 0 Å². The van der Waals surface area contributed by atoms with Crippen LogP contribution < -0.4 is 10.6 Å². The number of anilines is 1. The summed E-state index contributed by atoms with van der Waals surface area (Å²) in [5.41, 5.74) is 5.51. The second-order valence-corrected chi connectivity index (χ2v) is 5.02.